The highest BCUT2D eigenvalue weighted by Gasteiger charge is 2.24. The van der Waals surface area contributed by atoms with Crippen molar-refractivity contribution in [3.05, 3.63) is 24.0 Å². The average molecular weight is 289 g/mol. The van der Waals surface area contributed by atoms with Crippen molar-refractivity contribution in [1.82, 2.24) is 9.55 Å². The van der Waals surface area contributed by atoms with Crippen LogP contribution in [0.5, 0.6) is 11.5 Å². The van der Waals surface area contributed by atoms with E-state index < -0.39 is 0 Å². The van der Waals surface area contributed by atoms with Crippen LogP contribution in [0.15, 0.2) is 18.2 Å². The molecule has 0 saturated heterocycles. The molecule has 0 atom stereocenters. The largest absolute Gasteiger partial charge is 0.497 e. The van der Waals surface area contributed by atoms with E-state index >= 15 is 0 Å². The SMILES string of the molecule is COc1cc(OC)cc(-c2nc(C(C)(C)C)n(C)c2N)c1. The predicted octanol–water partition coefficient (Wildman–Crippen LogP) is 2.98. The lowest BCUT2D eigenvalue weighted by atomic mass is 9.96. The molecule has 2 N–H and O–H groups in total. The Morgan fingerprint density at radius 1 is 1.05 bits per heavy atom. The van der Waals surface area contributed by atoms with Crippen molar-refractivity contribution in [2.24, 2.45) is 7.05 Å². The minimum absolute atomic E-state index is 0.0793. The molecule has 0 amide bonds. The molecule has 0 saturated carbocycles. The molecule has 1 heterocycles. The Morgan fingerprint density at radius 2 is 1.57 bits per heavy atom. The monoisotopic (exact) mass is 289 g/mol. The molecule has 0 radical (unpaired) electrons. The lowest BCUT2D eigenvalue weighted by molar-refractivity contribution is 0.394. The summed E-state index contributed by atoms with van der Waals surface area (Å²) in [4.78, 5) is 4.73. The number of nitrogen functional groups attached to an aromatic ring is 1. The number of imidazole rings is 1. The zero-order valence-electron chi connectivity index (χ0n) is 13.5. The summed E-state index contributed by atoms with van der Waals surface area (Å²) in [5, 5.41) is 0. The Balaban J connectivity index is 2.62. The quantitative estimate of drug-likeness (QED) is 0.943. The van der Waals surface area contributed by atoms with Gasteiger partial charge in [-0.05, 0) is 12.1 Å². The fraction of sp³-hybridized carbons (Fsp3) is 0.438. The fourth-order valence-electron chi connectivity index (χ4n) is 2.34. The van der Waals surface area contributed by atoms with E-state index in [0.717, 1.165) is 17.1 Å². The van der Waals surface area contributed by atoms with Gasteiger partial charge in [-0.2, -0.15) is 0 Å². The second-order valence-electron chi connectivity index (χ2n) is 6.08. The zero-order valence-corrected chi connectivity index (χ0v) is 13.5. The number of benzene rings is 1. The van der Waals surface area contributed by atoms with E-state index in [1.807, 2.05) is 29.8 Å². The van der Waals surface area contributed by atoms with Crippen molar-refractivity contribution >= 4 is 5.82 Å². The molecule has 2 aromatic rings. The van der Waals surface area contributed by atoms with Crippen LogP contribution in [0, 0.1) is 0 Å². The van der Waals surface area contributed by atoms with Crippen molar-refractivity contribution in [2.75, 3.05) is 20.0 Å². The van der Waals surface area contributed by atoms with Crippen LogP contribution < -0.4 is 15.2 Å². The molecule has 0 fully saturated rings. The summed E-state index contributed by atoms with van der Waals surface area (Å²) in [6.07, 6.45) is 0. The van der Waals surface area contributed by atoms with E-state index in [9.17, 15) is 0 Å². The lowest BCUT2D eigenvalue weighted by Crippen LogP contribution is -2.17. The maximum atomic E-state index is 6.23. The van der Waals surface area contributed by atoms with Crippen LogP contribution in [-0.4, -0.2) is 23.8 Å². The molecule has 0 unspecified atom stereocenters. The van der Waals surface area contributed by atoms with Gasteiger partial charge in [-0.3, -0.25) is 0 Å². The van der Waals surface area contributed by atoms with Gasteiger partial charge in [-0.15, -0.1) is 0 Å². The van der Waals surface area contributed by atoms with Gasteiger partial charge in [0, 0.05) is 24.1 Å². The van der Waals surface area contributed by atoms with Gasteiger partial charge in [-0.25, -0.2) is 4.98 Å². The number of nitrogens with zero attached hydrogens (tertiary/aromatic N) is 2. The van der Waals surface area contributed by atoms with Crippen LogP contribution >= 0.6 is 0 Å². The Kier molecular flexibility index (Phi) is 3.85. The number of rotatable bonds is 3. The molecule has 2 rings (SSSR count). The molecular formula is C16H23N3O2. The highest BCUT2D eigenvalue weighted by molar-refractivity contribution is 5.73. The van der Waals surface area contributed by atoms with Crippen LogP contribution in [-0.2, 0) is 12.5 Å². The van der Waals surface area contributed by atoms with Gasteiger partial charge in [-0.1, -0.05) is 20.8 Å². The molecule has 5 nitrogen and oxygen atoms in total. The van der Waals surface area contributed by atoms with Crippen molar-refractivity contribution in [2.45, 2.75) is 26.2 Å². The highest BCUT2D eigenvalue weighted by atomic mass is 16.5. The fourth-order valence-corrected chi connectivity index (χ4v) is 2.34. The average Bonchev–Trinajstić information content (AvgIpc) is 2.74. The molecule has 114 valence electrons. The summed E-state index contributed by atoms with van der Waals surface area (Å²) >= 11 is 0. The number of ether oxygens (including phenoxy) is 2. The summed E-state index contributed by atoms with van der Waals surface area (Å²) in [6.45, 7) is 6.35. The minimum atomic E-state index is -0.0793. The third-order valence-electron chi connectivity index (χ3n) is 3.44. The normalized spacial score (nSPS) is 11.5. The van der Waals surface area contributed by atoms with Crippen LogP contribution in [0.2, 0.25) is 0 Å². The number of hydrogen-bond donors (Lipinski definition) is 1. The van der Waals surface area contributed by atoms with Crippen LogP contribution in [0.1, 0.15) is 26.6 Å². The molecule has 0 aliphatic carbocycles. The number of aromatic nitrogens is 2. The summed E-state index contributed by atoms with van der Waals surface area (Å²) in [5.74, 6) is 3.01. The standard InChI is InChI=1S/C16H23N3O2/c1-16(2,3)15-18-13(14(17)19(15)4)10-7-11(20-5)9-12(8-10)21-6/h7-9H,17H2,1-6H3. The van der Waals surface area contributed by atoms with Gasteiger partial charge in [0.1, 0.15) is 28.8 Å². The second-order valence-corrected chi connectivity index (χ2v) is 6.08. The Bertz CT molecular complexity index is 632. The summed E-state index contributed by atoms with van der Waals surface area (Å²) in [6, 6.07) is 5.65. The van der Waals surface area contributed by atoms with Gasteiger partial charge in [0.2, 0.25) is 0 Å². The first-order chi connectivity index (χ1) is 9.77. The maximum absolute atomic E-state index is 6.23. The van der Waals surface area contributed by atoms with Crippen molar-refractivity contribution in [1.29, 1.82) is 0 Å². The maximum Gasteiger partial charge on any atom is 0.131 e. The van der Waals surface area contributed by atoms with Gasteiger partial charge in [0.05, 0.1) is 14.2 Å². The first kappa shape index (κ1) is 15.2. The minimum Gasteiger partial charge on any atom is -0.497 e. The number of methoxy groups -OCH3 is 2. The van der Waals surface area contributed by atoms with Crippen molar-refractivity contribution in [3.8, 4) is 22.8 Å². The van der Waals surface area contributed by atoms with Crippen LogP contribution in [0.4, 0.5) is 5.82 Å². The Hall–Kier alpha value is -2.17. The number of hydrogen-bond acceptors (Lipinski definition) is 4. The van der Waals surface area contributed by atoms with Crippen LogP contribution in [0.25, 0.3) is 11.3 Å². The summed E-state index contributed by atoms with van der Waals surface area (Å²) < 4.78 is 12.5. The van der Waals surface area contributed by atoms with Crippen molar-refractivity contribution in [3.63, 3.8) is 0 Å². The molecule has 0 spiro atoms. The van der Waals surface area contributed by atoms with Gasteiger partial charge >= 0.3 is 0 Å². The van der Waals surface area contributed by atoms with E-state index in [-0.39, 0.29) is 5.41 Å². The topological polar surface area (TPSA) is 62.3 Å². The highest BCUT2D eigenvalue weighted by Crippen LogP contribution is 2.34. The summed E-state index contributed by atoms with van der Waals surface area (Å²) in [7, 11) is 5.19. The van der Waals surface area contributed by atoms with E-state index in [2.05, 4.69) is 20.8 Å². The molecule has 1 aromatic carbocycles. The molecule has 0 aliphatic heterocycles. The number of anilines is 1. The lowest BCUT2D eigenvalue weighted by Gasteiger charge is -2.17. The third kappa shape index (κ3) is 2.82. The Morgan fingerprint density at radius 3 is 1.95 bits per heavy atom. The first-order valence-corrected chi connectivity index (χ1v) is 6.84. The van der Waals surface area contributed by atoms with E-state index in [0.29, 0.717) is 17.3 Å². The molecule has 0 bridgehead atoms. The second kappa shape index (κ2) is 5.31. The van der Waals surface area contributed by atoms with Crippen LogP contribution in [0.3, 0.4) is 0 Å². The zero-order chi connectivity index (χ0) is 15.8. The van der Waals surface area contributed by atoms with Crippen molar-refractivity contribution < 1.29 is 9.47 Å². The first-order valence-electron chi connectivity index (χ1n) is 6.84. The van der Waals surface area contributed by atoms with Gasteiger partial charge < -0.3 is 19.8 Å². The predicted molar refractivity (Wildman–Crippen MR) is 84.9 cm³/mol. The summed E-state index contributed by atoms with van der Waals surface area (Å²) in [5.41, 5.74) is 7.79. The molecule has 1 aromatic heterocycles. The van der Waals surface area contributed by atoms with E-state index in [4.69, 9.17) is 20.2 Å². The molecular weight excluding hydrogens is 266 g/mol. The number of nitrogens with two attached hydrogens (primary N) is 1. The van der Waals surface area contributed by atoms with Gasteiger partial charge in [0.15, 0.2) is 0 Å². The molecule has 5 heteroatoms. The van der Waals surface area contributed by atoms with E-state index in [1.54, 1.807) is 14.2 Å². The van der Waals surface area contributed by atoms with E-state index in [1.165, 1.54) is 0 Å². The van der Waals surface area contributed by atoms with Gasteiger partial charge in [0.25, 0.3) is 0 Å². The molecule has 0 aliphatic rings. The molecule has 21 heavy (non-hydrogen) atoms. The Labute approximate surface area is 125 Å². The third-order valence-corrected chi connectivity index (χ3v) is 3.44. The smallest absolute Gasteiger partial charge is 0.131 e.